The third-order valence-electron chi connectivity index (χ3n) is 4.55. The van der Waals surface area contributed by atoms with Crippen LogP contribution in [0.25, 0.3) is 10.8 Å². The molecule has 1 saturated heterocycles. The molecule has 2 aromatic carbocycles. The van der Waals surface area contributed by atoms with Crippen LogP contribution < -0.4 is 10.6 Å². The van der Waals surface area contributed by atoms with E-state index >= 15 is 0 Å². The lowest BCUT2D eigenvalue weighted by Gasteiger charge is -2.31. The van der Waals surface area contributed by atoms with Gasteiger partial charge in [-0.2, -0.15) is 4.31 Å². The molecule has 0 bridgehead atoms. The molecule has 2 heterocycles. The number of hydrogen-bond acceptors (Lipinski definition) is 5. The first kappa shape index (κ1) is 16.0. The SMILES string of the molecule is O=C1Nc2ccc(S(=O)(=O)N3CCN[C@H](C(=O)O)C3)c3cccc1c23. The highest BCUT2D eigenvalue weighted by Gasteiger charge is 2.35. The largest absolute Gasteiger partial charge is 0.480 e. The number of nitrogens with one attached hydrogen (secondary N) is 2. The number of benzene rings is 2. The van der Waals surface area contributed by atoms with Gasteiger partial charge in [-0.05, 0) is 18.2 Å². The normalized spacial score (nSPS) is 20.6. The number of carboxylic acid groups (broad SMARTS) is 1. The number of piperazine rings is 1. The summed E-state index contributed by atoms with van der Waals surface area (Å²) in [5.74, 6) is -1.35. The summed E-state index contributed by atoms with van der Waals surface area (Å²) < 4.78 is 27.4. The number of anilines is 1. The second kappa shape index (κ2) is 5.51. The van der Waals surface area contributed by atoms with Crippen molar-refractivity contribution in [1.82, 2.24) is 9.62 Å². The molecule has 3 N–H and O–H groups in total. The van der Waals surface area contributed by atoms with Crippen LogP contribution in [-0.4, -0.2) is 55.4 Å². The van der Waals surface area contributed by atoms with E-state index in [0.29, 0.717) is 22.0 Å². The van der Waals surface area contributed by atoms with Crippen molar-refractivity contribution < 1.29 is 23.1 Å². The Kier molecular flexibility index (Phi) is 3.53. The van der Waals surface area contributed by atoms with Gasteiger partial charge in [0.15, 0.2) is 0 Å². The lowest BCUT2D eigenvalue weighted by atomic mass is 10.1. The molecule has 0 saturated carbocycles. The lowest BCUT2D eigenvalue weighted by Crippen LogP contribution is -2.55. The van der Waals surface area contributed by atoms with E-state index in [2.05, 4.69) is 10.6 Å². The molecule has 0 aromatic heterocycles. The van der Waals surface area contributed by atoms with Crippen molar-refractivity contribution in [2.24, 2.45) is 0 Å². The summed E-state index contributed by atoms with van der Waals surface area (Å²) in [5, 5.41) is 15.7. The first-order valence-corrected chi connectivity index (χ1v) is 9.17. The lowest BCUT2D eigenvalue weighted by molar-refractivity contribution is -0.140. The van der Waals surface area contributed by atoms with Gasteiger partial charge in [0.25, 0.3) is 5.91 Å². The summed E-state index contributed by atoms with van der Waals surface area (Å²) in [6.45, 7) is 0.307. The topological polar surface area (TPSA) is 116 Å². The zero-order chi connectivity index (χ0) is 17.8. The smallest absolute Gasteiger partial charge is 0.322 e. The van der Waals surface area contributed by atoms with Crippen LogP contribution in [0.5, 0.6) is 0 Å². The molecule has 8 nitrogen and oxygen atoms in total. The van der Waals surface area contributed by atoms with Gasteiger partial charge in [0.1, 0.15) is 6.04 Å². The van der Waals surface area contributed by atoms with Gasteiger partial charge in [-0.3, -0.25) is 9.59 Å². The Balaban J connectivity index is 1.83. The Labute approximate surface area is 143 Å². The minimum absolute atomic E-state index is 0.0793. The van der Waals surface area contributed by atoms with Gasteiger partial charge in [-0.1, -0.05) is 12.1 Å². The highest BCUT2D eigenvalue weighted by atomic mass is 32.2. The molecule has 1 fully saturated rings. The second-order valence-corrected chi connectivity index (χ2v) is 7.91. The van der Waals surface area contributed by atoms with Crippen LogP contribution in [0.15, 0.2) is 35.2 Å². The van der Waals surface area contributed by atoms with Crippen molar-refractivity contribution in [2.75, 3.05) is 25.0 Å². The first-order valence-electron chi connectivity index (χ1n) is 7.73. The van der Waals surface area contributed by atoms with E-state index in [-0.39, 0.29) is 30.4 Å². The molecule has 1 atom stereocenters. The fourth-order valence-corrected chi connectivity index (χ4v) is 4.98. The third-order valence-corrected chi connectivity index (χ3v) is 6.47. The minimum atomic E-state index is -3.89. The van der Waals surface area contributed by atoms with E-state index < -0.39 is 22.0 Å². The summed E-state index contributed by atoms with van der Waals surface area (Å²) in [6, 6.07) is 7.04. The molecule has 2 aromatic rings. The second-order valence-electron chi connectivity index (χ2n) is 6.00. The molecule has 0 unspecified atom stereocenters. The molecule has 2 aliphatic rings. The third kappa shape index (κ3) is 2.39. The summed E-state index contributed by atoms with van der Waals surface area (Å²) >= 11 is 0. The number of aliphatic carboxylic acids is 1. The van der Waals surface area contributed by atoms with Crippen LogP contribution in [0.2, 0.25) is 0 Å². The Hall–Kier alpha value is -2.49. The van der Waals surface area contributed by atoms with Gasteiger partial charge in [-0.25, -0.2) is 8.42 Å². The number of carbonyl (C=O) groups excluding carboxylic acids is 1. The van der Waals surface area contributed by atoms with Gasteiger partial charge >= 0.3 is 5.97 Å². The van der Waals surface area contributed by atoms with Crippen molar-refractivity contribution in [2.45, 2.75) is 10.9 Å². The van der Waals surface area contributed by atoms with Crippen LogP contribution in [0.1, 0.15) is 10.4 Å². The number of carbonyl (C=O) groups is 2. The molecule has 0 aliphatic carbocycles. The van der Waals surface area contributed by atoms with E-state index in [9.17, 15) is 18.0 Å². The maximum atomic E-state index is 13.1. The molecule has 1 amide bonds. The van der Waals surface area contributed by atoms with Gasteiger partial charge < -0.3 is 15.7 Å². The molecule has 4 rings (SSSR count). The average Bonchev–Trinajstić information content (AvgIpc) is 2.93. The Bertz CT molecular complexity index is 1020. The monoisotopic (exact) mass is 361 g/mol. The number of rotatable bonds is 3. The molecular weight excluding hydrogens is 346 g/mol. The summed E-state index contributed by atoms with van der Waals surface area (Å²) in [5.41, 5.74) is 1.02. The first-order chi connectivity index (χ1) is 11.9. The Morgan fingerprint density at radius 1 is 1.24 bits per heavy atom. The summed E-state index contributed by atoms with van der Waals surface area (Å²) in [6.07, 6.45) is 0. The fraction of sp³-hybridized carbons (Fsp3) is 0.250. The average molecular weight is 361 g/mol. The van der Waals surface area contributed by atoms with E-state index in [1.807, 2.05) is 0 Å². The highest BCUT2D eigenvalue weighted by molar-refractivity contribution is 7.89. The van der Waals surface area contributed by atoms with Crippen LogP contribution in [0, 0.1) is 0 Å². The molecule has 130 valence electrons. The van der Waals surface area contributed by atoms with E-state index in [1.165, 1.54) is 10.4 Å². The predicted molar refractivity (Wildman–Crippen MR) is 90.1 cm³/mol. The molecule has 0 spiro atoms. The van der Waals surface area contributed by atoms with Crippen LogP contribution >= 0.6 is 0 Å². The zero-order valence-electron chi connectivity index (χ0n) is 13.0. The van der Waals surface area contributed by atoms with Crippen molar-refractivity contribution in [3.05, 3.63) is 35.9 Å². The van der Waals surface area contributed by atoms with E-state index in [1.54, 1.807) is 24.3 Å². The molecule has 9 heteroatoms. The Morgan fingerprint density at radius 2 is 2.04 bits per heavy atom. The molecule has 25 heavy (non-hydrogen) atoms. The standard InChI is InChI=1S/C16H15N3O5S/c20-15-10-3-1-2-9-13(5-4-11(18-15)14(9)10)25(23,24)19-7-6-17-12(8-19)16(21)22/h1-5,12,17H,6-8H2,(H,18,20)(H,21,22)/t12-/m0/s1. The molecule has 2 aliphatic heterocycles. The van der Waals surface area contributed by atoms with Crippen LogP contribution in [-0.2, 0) is 14.8 Å². The van der Waals surface area contributed by atoms with E-state index in [4.69, 9.17) is 5.11 Å². The number of hydrogen-bond donors (Lipinski definition) is 3. The fourth-order valence-electron chi connectivity index (χ4n) is 3.33. The number of amides is 1. The van der Waals surface area contributed by atoms with Crippen molar-refractivity contribution in [3.8, 4) is 0 Å². The van der Waals surface area contributed by atoms with Crippen LogP contribution in [0.4, 0.5) is 5.69 Å². The molecular formula is C16H15N3O5S. The maximum absolute atomic E-state index is 13.1. The van der Waals surface area contributed by atoms with Gasteiger partial charge in [-0.15, -0.1) is 0 Å². The number of carboxylic acids is 1. The van der Waals surface area contributed by atoms with Crippen LogP contribution in [0.3, 0.4) is 0 Å². The summed E-state index contributed by atoms with van der Waals surface area (Å²) in [4.78, 5) is 23.2. The minimum Gasteiger partial charge on any atom is -0.480 e. The maximum Gasteiger partial charge on any atom is 0.322 e. The molecule has 0 radical (unpaired) electrons. The summed E-state index contributed by atoms with van der Waals surface area (Å²) in [7, 11) is -3.89. The van der Waals surface area contributed by atoms with Crippen molar-refractivity contribution >= 4 is 38.4 Å². The van der Waals surface area contributed by atoms with E-state index in [0.717, 1.165) is 0 Å². The zero-order valence-corrected chi connectivity index (χ0v) is 13.8. The van der Waals surface area contributed by atoms with Crippen molar-refractivity contribution in [1.29, 1.82) is 0 Å². The van der Waals surface area contributed by atoms with Crippen molar-refractivity contribution in [3.63, 3.8) is 0 Å². The quantitative estimate of drug-likeness (QED) is 0.731. The van der Waals surface area contributed by atoms with Gasteiger partial charge in [0.05, 0.1) is 4.90 Å². The predicted octanol–water partition coefficient (Wildman–Crippen LogP) is 0.453. The van der Waals surface area contributed by atoms with Gasteiger partial charge in [0, 0.05) is 41.7 Å². The van der Waals surface area contributed by atoms with Gasteiger partial charge in [0.2, 0.25) is 10.0 Å². The number of sulfonamides is 1. The number of nitrogens with zero attached hydrogens (tertiary/aromatic N) is 1. The Morgan fingerprint density at radius 3 is 2.80 bits per heavy atom. The highest BCUT2D eigenvalue weighted by Crippen LogP contribution is 2.37.